The highest BCUT2D eigenvalue weighted by atomic mass is 35.5. The Hall–Kier alpha value is -4.64. The van der Waals surface area contributed by atoms with E-state index in [1.807, 2.05) is 5.92 Å². The molecule has 1 amide bonds. The second-order valence-corrected chi connectivity index (χ2v) is 7.59. The molecule has 0 aliphatic heterocycles. The lowest BCUT2D eigenvalue weighted by molar-refractivity contribution is -0.137. The summed E-state index contributed by atoms with van der Waals surface area (Å²) >= 11 is 6.10. The number of nitrogens with two attached hydrogens (primary N) is 1. The molecular formula is C22H10ClF6N7O. The number of halogens is 7. The van der Waals surface area contributed by atoms with Gasteiger partial charge in [-0.3, -0.25) is 4.79 Å². The van der Waals surface area contributed by atoms with Crippen LogP contribution >= 0.6 is 11.6 Å². The molecule has 4 rings (SSSR count). The van der Waals surface area contributed by atoms with Crippen molar-refractivity contribution >= 4 is 28.9 Å². The zero-order chi connectivity index (χ0) is 27.1. The number of pyridine rings is 2. The molecule has 0 saturated carbocycles. The van der Waals surface area contributed by atoms with Crippen LogP contribution in [0.2, 0.25) is 5.02 Å². The molecule has 0 bridgehead atoms. The third-order valence-corrected chi connectivity index (χ3v) is 5.21. The van der Waals surface area contributed by atoms with E-state index in [1.54, 1.807) is 0 Å². The van der Waals surface area contributed by atoms with Crippen molar-refractivity contribution in [3.05, 3.63) is 76.2 Å². The number of amides is 1. The lowest BCUT2D eigenvalue weighted by Gasteiger charge is -2.15. The molecule has 0 unspecified atom stereocenters. The van der Waals surface area contributed by atoms with Crippen molar-refractivity contribution in [3.8, 4) is 29.3 Å². The predicted molar refractivity (Wildman–Crippen MR) is 119 cm³/mol. The summed E-state index contributed by atoms with van der Waals surface area (Å²) in [6.07, 6.45) is 3.51. The van der Waals surface area contributed by atoms with Gasteiger partial charge in [-0.1, -0.05) is 17.5 Å². The zero-order valence-corrected chi connectivity index (χ0v) is 18.7. The molecule has 3 aromatic heterocycles. The molecule has 0 radical (unpaired) electrons. The van der Waals surface area contributed by atoms with E-state index in [0.29, 0.717) is 16.9 Å². The molecule has 0 aliphatic carbocycles. The quantitative estimate of drug-likeness (QED) is 0.223. The molecule has 3 heterocycles. The maximum atomic E-state index is 15.0. The van der Waals surface area contributed by atoms with Gasteiger partial charge in [-0.25, -0.2) is 9.37 Å². The van der Waals surface area contributed by atoms with E-state index in [4.69, 9.17) is 23.8 Å². The summed E-state index contributed by atoms with van der Waals surface area (Å²) in [5, 5.41) is 8.91. The first-order chi connectivity index (χ1) is 17.4. The molecule has 15 heteroatoms. The van der Waals surface area contributed by atoms with Crippen LogP contribution in [0.25, 0.3) is 16.9 Å². The fourth-order valence-corrected chi connectivity index (χ4v) is 3.53. The first-order valence-corrected chi connectivity index (χ1v) is 10.2. The fourth-order valence-electron chi connectivity index (χ4n) is 3.28. The average molecular weight is 538 g/mol. The molecule has 188 valence electrons. The molecule has 4 aromatic rings. The molecule has 0 fully saturated rings. The Morgan fingerprint density at radius 3 is 2.41 bits per heavy atom. The number of rotatable bonds is 4. The van der Waals surface area contributed by atoms with Crippen molar-refractivity contribution in [3.63, 3.8) is 0 Å². The van der Waals surface area contributed by atoms with Crippen molar-refractivity contribution in [2.75, 3.05) is 11.1 Å². The van der Waals surface area contributed by atoms with Gasteiger partial charge in [-0.05, 0) is 18.2 Å². The number of nitrogens with one attached hydrogen (secondary N) is 1. The van der Waals surface area contributed by atoms with Gasteiger partial charge < -0.3 is 11.1 Å². The van der Waals surface area contributed by atoms with E-state index in [-0.39, 0.29) is 0 Å². The van der Waals surface area contributed by atoms with Crippen LogP contribution in [0.1, 0.15) is 21.5 Å². The number of hydrogen-bond acceptors (Lipinski definition) is 6. The predicted octanol–water partition coefficient (Wildman–Crippen LogP) is 4.63. The maximum absolute atomic E-state index is 15.0. The van der Waals surface area contributed by atoms with Crippen LogP contribution in [0, 0.1) is 30.1 Å². The van der Waals surface area contributed by atoms with Gasteiger partial charge in [0.2, 0.25) is 11.9 Å². The van der Waals surface area contributed by atoms with Gasteiger partial charge in [-0.15, -0.1) is 11.2 Å². The van der Waals surface area contributed by atoms with Crippen LogP contribution < -0.4 is 11.1 Å². The SMILES string of the molecule is C#Cc1c(F)nc(F)c(N)c1-c1cc(Cl)c(C(=O)Nc2cnc(-n3nccn3)c(C(F)(F)F)c2)cc1F. The van der Waals surface area contributed by atoms with Crippen LogP contribution in [0.3, 0.4) is 0 Å². The second-order valence-electron chi connectivity index (χ2n) is 7.18. The third kappa shape index (κ3) is 4.76. The van der Waals surface area contributed by atoms with Crippen LogP contribution in [0.5, 0.6) is 0 Å². The smallest absolute Gasteiger partial charge is 0.394 e. The third-order valence-electron chi connectivity index (χ3n) is 4.90. The van der Waals surface area contributed by atoms with Crippen molar-refractivity contribution in [1.29, 1.82) is 0 Å². The van der Waals surface area contributed by atoms with Crippen LogP contribution in [-0.2, 0) is 6.18 Å². The number of anilines is 2. The molecule has 8 nitrogen and oxygen atoms in total. The van der Waals surface area contributed by atoms with Gasteiger partial charge in [0.1, 0.15) is 11.4 Å². The molecule has 0 spiro atoms. The van der Waals surface area contributed by atoms with E-state index >= 15 is 0 Å². The van der Waals surface area contributed by atoms with Gasteiger partial charge in [0, 0.05) is 11.1 Å². The van der Waals surface area contributed by atoms with Gasteiger partial charge in [0.15, 0.2) is 5.82 Å². The Bertz CT molecular complexity index is 1580. The maximum Gasteiger partial charge on any atom is 0.420 e. The summed E-state index contributed by atoms with van der Waals surface area (Å²) < 4.78 is 83.7. The van der Waals surface area contributed by atoms with E-state index in [2.05, 4.69) is 25.5 Å². The van der Waals surface area contributed by atoms with Gasteiger partial charge in [0.05, 0.1) is 46.1 Å². The number of nitrogen functional groups attached to an aromatic ring is 1. The first kappa shape index (κ1) is 25.5. The molecule has 0 saturated heterocycles. The molecule has 0 aliphatic rings. The Morgan fingerprint density at radius 1 is 1.11 bits per heavy atom. The van der Waals surface area contributed by atoms with E-state index in [9.17, 15) is 31.1 Å². The highest BCUT2D eigenvalue weighted by Crippen LogP contribution is 2.37. The van der Waals surface area contributed by atoms with E-state index in [0.717, 1.165) is 24.7 Å². The summed E-state index contributed by atoms with van der Waals surface area (Å²) in [6, 6.07) is 2.01. The number of hydrogen-bond donors (Lipinski definition) is 2. The highest BCUT2D eigenvalue weighted by Gasteiger charge is 2.36. The Morgan fingerprint density at radius 2 is 1.78 bits per heavy atom. The number of benzene rings is 1. The van der Waals surface area contributed by atoms with Gasteiger partial charge in [-0.2, -0.15) is 37.1 Å². The van der Waals surface area contributed by atoms with Gasteiger partial charge in [0.25, 0.3) is 5.91 Å². The zero-order valence-electron chi connectivity index (χ0n) is 17.9. The highest BCUT2D eigenvalue weighted by molar-refractivity contribution is 6.34. The Kier molecular flexibility index (Phi) is 6.49. The molecular weight excluding hydrogens is 528 g/mol. The Labute approximate surface area is 208 Å². The van der Waals surface area contributed by atoms with Crippen LogP contribution in [0.15, 0.2) is 36.8 Å². The molecule has 1 aromatic carbocycles. The number of carbonyl (C=O) groups excluding carboxylic acids is 1. The number of carbonyl (C=O) groups is 1. The number of alkyl halides is 3. The Balaban J connectivity index is 1.72. The minimum absolute atomic E-state index is 0.411. The molecule has 37 heavy (non-hydrogen) atoms. The van der Waals surface area contributed by atoms with E-state index in [1.165, 1.54) is 0 Å². The largest absolute Gasteiger partial charge is 0.420 e. The second kappa shape index (κ2) is 9.43. The number of aromatic nitrogens is 5. The van der Waals surface area contributed by atoms with Gasteiger partial charge >= 0.3 is 6.18 Å². The number of terminal acetylenes is 1. The summed E-state index contributed by atoms with van der Waals surface area (Å²) in [5.74, 6) is -3.96. The summed E-state index contributed by atoms with van der Waals surface area (Å²) in [7, 11) is 0. The number of nitrogens with zero attached hydrogens (tertiary/aromatic N) is 5. The lowest BCUT2D eigenvalue weighted by Crippen LogP contribution is -2.17. The standard InChI is InChI=1S/C22H10ClF6N7O/c1-2-10-16(17(30)19(26)35-18(10)25)12-6-14(23)11(7-15(12)24)21(37)34-9-5-13(22(27,28)29)20(31-8-9)36-32-3-4-33-36/h1,3-8H,30H2,(H,34,37). The van der Waals surface area contributed by atoms with Crippen molar-refractivity contribution in [1.82, 2.24) is 25.0 Å². The minimum atomic E-state index is -4.90. The van der Waals surface area contributed by atoms with Crippen molar-refractivity contribution in [2.45, 2.75) is 6.18 Å². The minimum Gasteiger partial charge on any atom is -0.394 e. The van der Waals surface area contributed by atoms with E-state index < -0.39 is 79.8 Å². The molecule has 0 atom stereocenters. The lowest BCUT2D eigenvalue weighted by atomic mass is 9.97. The van der Waals surface area contributed by atoms with Crippen LogP contribution in [-0.4, -0.2) is 30.9 Å². The van der Waals surface area contributed by atoms with Crippen molar-refractivity contribution in [2.24, 2.45) is 0 Å². The fraction of sp³-hybridized carbons (Fsp3) is 0.0455. The normalized spacial score (nSPS) is 11.3. The summed E-state index contributed by atoms with van der Waals surface area (Å²) in [5.41, 5.74) is 0.866. The molecule has 3 N–H and O–H groups in total. The van der Waals surface area contributed by atoms with Crippen LogP contribution in [0.4, 0.5) is 37.7 Å². The summed E-state index contributed by atoms with van der Waals surface area (Å²) in [4.78, 5) is 19.9. The monoisotopic (exact) mass is 537 g/mol. The average Bonchev–Trinajstić information content (AvgIpc) is 3.37. The first-order valence-electron chi connectivity index (χ1n) is 9.78. The van der Waals surface area contributed by atoms with Crippen molar-refractivity contribution < 1.29 is 31.1 Å². The summed E-state index contributed by atoms with van der Waals surface area (Å²) in [6.45, 7) is 0. The topological polar surface area (TPSA) is 112 Å².